The molecule has 2 aliphatic rings. The maximum atomic E-state index is 5.91. The van der Waals surface area contributed by atoms with E-state index in [2.05, 4.69) is 10.3 Å². The molecule has 96 valence electrons. The van der Waals surface area contributed by atoms with Gasteiger partial charge in [-0.3, -0.25) is 4.98 Å². The zero-order valence-electron chi connectivity index (χ0n) is 9.84. The average Bonchev–Trinajstić information content (AvgIpc) is 2.85. The Kier molecular flexibility index (Phi) is 4.42. The van der Waals surface area contributed by atoms with Gasteiger partial charge in [0, 0.05) is 35.1 Å². The summed E-state index contributed by atoms with van der Waals surface area (Å²) in [7, 11) is 0. The van der Waals surface area contributed by atoms with Gasteiger partial charge in [0.25, 0.3) is 0 Å². The molecule has 0 spiro atoms. The third-order valence-electron chi connectivity index (χ3n) is 3.83. The first-order chi connectivity index (χ1) is 7.83. The van der Waals surface area contributed by atoms with Crippen molar-refractivity contribution in [2.75, 3.05) is 0 Å². The highest BCUT2D eigenvalue weighted by molar-refractivity contribution is 7.09. The zero-order chi connectivity index (χ0) is 11.0. The van der Waals surface area contributed by atoms with Crippen LogP contribution in [0.1, 0.15) is 42.9 Å². The normalized spacial score (nSPS) is 36.3. The number of nitrogens with two attached hydrogens (primary N) is 1. The van der Waals surface area contributed by atoms with E-state index in [4.69, 9.17) is 5.73 Å². The molecule has 2 atom stereocenters. The van der Waals surface area contributed by atoms with E-state index in [1.54, 1.807) is 11.3 Å². The Hall–Kier alpha value is -0.160. The second-order valence-corrected chi connectivity index (χ2v) is 6.05. The summed E-state index contributed by atoms with van der Waals surface area (Å²) in [6, 6.07) is 1.87. The van der Waals surface area contributed by atoms with E-state index in [-0.39, 0.29) is 12.4 Å². The Labute approximate surface area is 113 Å². The molecule has 0 bridgehead atoms. The molecule has 0 radical (unpaired) electrons. The van der Waals surface area contributed by atoms with Gasteiger partial charge in [0.1, 0.15) is 0 Å². The van der Waals surface area contributed by atoms with Gasteiger partial charge in [-0.1, -0.05) is 0 Å². The lowest BCUT2D eigenvalue weighted by atomic mass is 9.92. The summed E-state index contributed by atoms with van der Waals surface area (Å²) in [5.41, 5.74) is 7.85. The van der Waals surface area contributed by atoms with Gasteiger partial charge in [-0.05, 0) is 32.1 Å². The Balaban J connectivity index is 0.00000108. The number of aromatic nitrogens is 1. The molecule has 3 N–H and O–H groups in total. The van der Waals surface area contributed by atoms with Crippen molar-refractivity contribution in [3.63, 3.8) is 0 Å². The molecule has 1 aromatic heterocycles. The van der Waals surface area contributed by atoms with Crippen molar-refractivity contribution < 1.29 is 0 Å². The predicted molar refractivity (Wildman–Crippen MR) is 73.9 cm³/mol. The van der Waals surface area contributed by atoms with Gasteiger partial charge in [-0.2, -0.15) is 0 Å². The van der Waals surface area contributed by atoms with Crippen molar-refractivity contribution in [1.82, 2.24) is 10.3 Å². The molecule has 5 heteroatoms. The molecule has 0 aromatic carbocycles. The number of nitrogens with zero attached hydrogens (tertiary/aromatic N) is 1. The van der Waals surface area contributed by atoms with E-state index in [1.807, 2.05) is 11.7 Å². The van der Waals surface area contributed by atoms with Crippen molar-refractivity contribution in [2.24, 2.45) is 5.73 Å². The summed E-state index contributed by atoms with van der Waals surface area (Å²) in [5, 5.41) is 3.78. The molecule has 3 rings (SSSR count). The first-order valence-electron chi connectivity index (χ1n) is 6.23. The number of nitrogens with one attached hydrogen (secondary N) is 1. The van der Waals surface area contributed by atoms with Gasteiger partial charge in [-0.15, -0.1) is 23.7 Å². The van der Waals surface area contributed by atoms with Crippen LogP contribution < -0.4 is 11.1 Å². The molecule has 3 nitrogen and oxygen atoms in total. The second-order valence-electron chi connectivity index (χ2n) is 5.13. The maximum absolute atomic E-state index is 5.91. The van der Waals surface area contributed by atoms with Crippen LogP contribution in [0.15, 0.2) is 11.7 Å². The largest absolute Gasteiger partial charge is 0.328 e. The zero-order valence-corrected chi connectivity index (χ0v) is 11.5. The van der Waals surface area contributed by atoms with Crippen LogP contribution in [0.2, 0.25) is 0 Å². The summed E-state index contributed by atoms with van der Waals surface area (Å²) in [5.74, 6) is 0.739. The molecule has 0 amide bonds. The highest BCUT2D eigenvalue weighted by atomic mass is 35.5. The highest BCUT2D eigenvalue weighted by Crippen LogP contribution is 2.43. The lowest BCUT2D eigenvalue weighted by Crippen LogP contribution is -2.38. The van der Waals surface area contributed by atoms with Crippen molar-refractivity contribution in [3.8, 4) is 0 Å². The van der Waals surface area contributed by atoms with E-state index in [0.717, 1.165) is 5.92 Å². The average molecular weight is 274 g/mol. The van der Waals surface area contributed by atoms with Crippen LogP contribution in [0.25, 0.3) is 0 Å². The van der Waals surface area contributed by atoms with Crippen LogP contribution in [0.4, 0.5) is 0 Å². The molecule has 2 aliphatic carbocycles. The summed E-state index contributed by atoms with van der Waals surface area (Å²) in [6.45, 7) is 0. The lowest BCUT2D eigenvalue weighted by molar-refractivity contribution is 0.340. The summed E-state index contributed by atoms with van der Waals surface area (Å²) >= 11 is 1.79. The highest BCUT2D eigenvalue weighted by Gasteiger charge is 2.40. The second kappa shape index (κ2) is 5.65. The van der Waals surface area contributed by atoms with Crippen molar-refractivity contribution in [2.45, 2.75) is 56.1 Å². The minimum Gasteiger partial charge on any atom is -0.328 e. The van der Waals surface area contributed by atoms with Gasteiger partial charge in [0.2, 0.25) is 0 Å². The topological polar surface area (TPSA) is 50.9 Å². The monoisotopic (exact) mass is 273 g/mol. The van der Waals surface area contributed by atoms with Gasteiger partial charge in [0.15, 0.2) is 0 Å². The maximum Gasteiger partial charge on any atom is 0.0794 e. The summed E-state index contributed by atoms with van der Waals surface area (Å²) < 4.78 is 0. The third kappa shape index (κ3) is 3.19. The van der Waals surface area contributed by atoms with Gasteiger partial charge < -0.3 is 11.1 Å². The van der Waals surface area contributed by atoms with Crippen LogP contribution in [0.3, 0.4) is 0 Å². The van der Waals surface area contributed by atoms with E-state index < -0.39 is 0 Å². The quantitative estimate of drug-likeness (QED) is 0.888. The number of rotatable bonds is 3. The first-order valence-corrected chi connectivity index (χ1v) is 7.11. The Morgan fingerprint density at radius 1 is 1.29 bits per heavy atom. The Morgan fingerprint density at radius 2 is 2.06 bits per heavy atom. The standard InChI is InChI=1S/C12H19N3S.ClH/c13-8-1-3-9(4-2-8)15-11-5-10(11)12-6-14-7-16-12;/h6-11,15H,1-5,13H2;1H/t8?,9?,10-,11-;/m0./s1. The molecule has 17 heavy (non-hydrogen) atoms. The fourth-order valence-corrected chi connectivity index (χ4v) is 3.49. The minimum absolute atomic E-state index is 0. The van der Waals surface area contributed by atoms with Gasteiger partial charge in [-0.25, -0.2) is 0 Å². The van der Waals surface area contributed by atoms with Gasteiger partial charge in [0.05, 0.1) is 5.51 Å². The third-order valence-corrected chi connectivity index (χ3v) is 4.74. The van der Waals surface area contributed by atoms with E-state index in [9.17, 15) is 0 Å². The van der Waals surface area contributed by atoms with Gasteiger partial charge >= 0.3 is 0 Å². The minimum atomic E-state index is 0. The van der Waals surface area contributed by atoms with Crippen LogP contribution in [0.5, 0.6) is 0 Å². The van der Waals surface area contributed by atoms with E-state index in [1.165, 1.54) is 37.0 Å². The van der Waals surface area contributed by atoms with Crippen LogP contribution in [0, 0.1) is 0 Å². The van der Waals surface area contributed by atoms with Crippen LogP contribution in [-0.2, 0) is 0 Å². The fourth-order valence-electron chi connectivity index (χ4n) is 2.69. The number of hydrogen-bond acceptors (Lipinski definition) is 4. The van der Waals surface area contributed by atoms with E-state index >= 15 is 0 Å². The molecule has 0 aliphatic heterocycles. The molecule has 1 heterocycles. The fraction of sp³-hybridized carbons (Fsp3) is 0.750. The lowest BCUT2D eigenvalue weighted by Gasteiger charge is -2.27. The van der Waals surface area contributed by atoms with Crippen molar-refractivity contribution >= 4 is 23.7 Å². The molecular weight excluding hydrogens is 254 g/mol. The SMILES string of the molecule is Cl.NC1CCC(N[C@H]2C[C@@H]2c2cncs2)CC1. The smallest absolute Gasteiger partial charge is 0.0794 e. The van der Waals surface area contributed by atoms with Crippen molar-refractivity contribution in [3.05, 3.63) is 16.6 Å². The Bertz CT molecular complexity index is 336. The summed E-state index contributed by atoms with van der Waals surface area (Å²) in [6.07, 6.45) is 8.21. The van der Waals surface area contributed by atoms with E-state index in [0.29, 0.717) is 18.1 Å². The molecule has 0 unspecified atom stereocenters. The number of hydrogen-bond donors (Lipinski definition) is 2. The van der Waals surface area contributed by atoms with Crippen LogP contribution >= 0.6 is 23.7 Å². The number of halogens is 1. The molecule has 2 fully saturated rings. The molecular formula is C12H20ClN3S. The number of thiazole rings is 1. The predicted octanol–water partition coefficient (Wildman–Crippen LogP) is 2.28. The first kappa shape index (κ1) is 13.3. The summed E-state index contributed by atoms with van der Waals surface area (Å²) in [4.78, 5) is 5.60. The molecule has 1 aromatic rings. The van der Waals surface area contributed by atoms with Crippen molar-refractivity contribution in [1.29, 1.82) is 0 Å². The Morgan fingerprint density at radius 3 is 2.71 bits per heavy atom. The molecule has 0 saturated heterocycles. The van der Waals surface area contributed by atoms with Crippen LogP contribution in [-0.4, -0.2) is 23.1 Å². The molecule has 2 saturated carbocycles.